The number of halogens is 2. The standard InChI is InChI=1S/C17H19ClFN5S/c18-12-2-1-11(19)7-13(12)24-9-17(10-24)3-5-23(6-4-17)16-22-8-14(25-16)15(20)21/h1-2,7-8H,3-6,9-10H2,(H3,20,21). The Kier molecular flexibility index (Phi) is 4.08. The predicted molar refractivity (Wildman–Crippen MR) is 101 cm³/mol. The molecule has 4 rings (SSSR count). The van der Waals surface area contributed by atoms with Crippen LogP contribution in [0.2, 0.25) is 5.02 Å². The van der Waals surface area contributed by atoms with E-state index in [2.05, 4.69) is 14.8 Å². The topological polar surface area (TPSA) is 69.2 Å². The molecule has 0 unspecified atom stereocenters. The summed E-state index contributed by atoms with van der Waals surface area (Å²) in [5, 5.41) is 9.03. The molecule has 8 heteroatoms. The molecule has 0 amide bonds. The predicted octanol–water partition coefficient (Wildman–Crippen LogP) is 3.33. The number of rotatable bonds is 3. The number of amidine groups is 1. The number of hydrogen-bond donors (Lipinski definition) is 2. The van der Waals surface area contributed by atoms with E-state index in [-0.39, 0.29) is 17.1 Å². The summed E-state index contributed by atoms with van der Waals surface area (Å²) in [6.07, 6.45) is 3.82. The first-order valence-electron chi connectivity index (χ1n) is 8.21. The highest BCUT2D eigenvalue weighted by Gasteiger charge is 2.45. The highest BCUT2D eigenvalue weighted by atomic mass is 35.5. The van der Waals surface area contributed by atoms with Gasteiger partial charge in [0, 0.05) is 31.6 Å². The average Bonchev–Trinajstić information content (AvgIpc) is 3.05. The number of nitrogens with one attached hydrogen (secondary N) is 1. The van der Waals surface area contributed by atoms with Crippen molar-refractivity contribution < 1.29 is 4.39 Å². The number of nitrogens with zero attached hydrogens (tertiary/aromatic N) is 3. The van der Waals surface area contributed by atoms with E-state index in [4.69, 9.17) is 22.7 Å². The van der Waals surface area contributed by atoms with E-state index < -0.39 is 0 Å². The largest absolute Gasteiger partial charge is 0.383 e. The van der Waals surface area contributed by atoms with Gasteiger partial charge in [0.05, 0.1) is 21.8 Å². The highest BCUT2D eigenvalue weighted by molar-refractivity contribution is 7.17. The summed E-state index contributed by atoms with van der Waals surface area (Å²) in [7, 11) is 0. The van der Waals surface area contributed by atoms with Crippen LogP contribution < -0.4 is 15.5 Å². The minimum absolute atomic E-state index is 0.0684. The lowest BCUT2D eigenvalue weighted by atomic mass is 9.72. The van der Waals surface area contributed by atoms with E-state index in [0.717, 1.165) is 49.8 Å². The SMILES string of the molecule is N=C(N)c1cnc(N2CCC3(CC2)CN(c2cc(F)ccc2Cl)C3)s1. The van der Waals surface area contributed by atoms with E-state index >= 15 is 0 Å². The van der Waals surface area contributed by atoms with Crippen LogP contribution in [0.1, 0.15) is 17.7 Å². The maximum atomic E-state index is 13.5. The van der Waals surface area contributed by atoms with Crippen molar-refractivity contribution in [2.24, 2.45) is 11.1 Å². The normalized spacial score (nSPS) is 19.1. The number of nitrogen functional groups attached to an aromatic ring is 1. The van der Waals surface area contributed by atoms with Crippen LogP contribution in [0, 0.1) is 16.6 Å². The van der Waals surface area contributed by atoms with Crippen LogP contribution in [0.4, 0.5) is 15.2 Å². The van der Waals surface area contributed by atoms with Crippen LogP contribution in [0.25, 0.3) is 0 Å². The van der Waals surface area contributed by atoms with Crippen LogP contribution in [-0.2, 0) is 0 Å². The second-order valence-corrected chi connectivity index (χ2v) is 8.28. The van der Waals surface area contributed by atoms with Crippen LogP contribution in [0.15, 0.2) is 24.4 Å². The molecular weight excluding hydrogens is 361 g/mol. The van der Waals surface area contributed by atoms with E-state index in [0.29, 0.717) is 9.90 Å². The Hall–Kier alpha value is -1.86. The zero-order chi connectivity index (χ0) is 17.6. The first-order chi connectivity index (χ1) is 12.0. The Bertz CT molecular complexity index is 807. The quantitative estimate of drug-likeness (QED) is 0.634. The van der Waals surface area contributed by atoms with Gasteiger partial charge < -0.3 is 15.5 Å². The molecule has 0 bridgehead atoms. The number of piperidine rings is 1. The molecule has 2 aliphatic heterocycles. The Morgan fingerprint density at radius 3 is 2.64 bits per heavy atom. The number of hydrogen-bond acceptors (Lipinski definition) is 5. The van der Waals surface area contributed by atoms with E-state index in [1.54, 1.807) is 12.3 Å². The third-order valence-electron chi connectivity index (χ3n) is 5.15. The zero-order valence-electron chi connectivity index (χ0n) is 13.6. The van der Waals surface area contributed by atoms with Crippen molar-refractivity contribution in [1.82, 2.24) is 4.98 Å². The Balaban J connectivity index is 1.38. The maximum absolute atomic E-state index is 13.5. The minimum atomic E-state index is -0.250. The van der Waals surface area contributed by atoms with E-state index in [1.165, 1.54) is 23.5 Å². The van der Waals surface area contributed by atoms with Crippen molar-refractivity contribution in [2.45, 2.75) is 12.8 Å². The molecule has 2 fully saturated rings. The molecule has 0 atom stereocenters. The van der Waals surface area contributed by atoms with Gasteiger partial charge >= 0.3 is 0 Å². The number of benzene rings is 1. The van der Waals surface area contributed by atoms with Gasteiger partial charge in [0.1, 0.15) is 11.7 Å². The van der Waals surface area contributed by atoms with Gasteiger partial charge in [-0.05, 0) is 31.0 Å². The summed E-state index contributed by atoms with van der Waals surface area (Å²) in [5.74, 6) is -0.181. The van der Waals surface area contributed by atoms with Crippen LogP contribution >= 0.6 is 22.9 Å². The summed E-state index contributed by atoms with van der Waals surface area (Å²) >= 11 is 7.68. The molecule has 1 spiro atoms. The van der Waals surface area contributed by atoms with Gasteiger partial charge in [0.25, 0.3) is 0 Å². The third kappa shape index (κ3) is 3.06. The molecule has 1 aromatic carbocycles. The lowest BCUT2D eigenvalue weighted by Gasteiger charge is -2.55. The first kappa shape index (κ1) is 16.6. The fraction of sp³-hybridized carbons (Fsp3) is 0.412. The van der Waals surface area contributed by atoms with Crippen LogP contribution in [0.5, 0.6) is 0 Å². The summed E-state index contributed by atoms with van der Waals surface area (Å²) < 4.78 is 13.5. The molecule has 2 aliphatic rings. The molecule has 25 heavy (non-hydrogen) atoms. The molecule has 2 aromatic rings. The molecule has 2 saturated heterocycles. The maximum Gasteiger partial charge on any atom is 0.185 e. The van der Waals surface area contributed by atoms with Crippen molar-refractivity contribution in [3.8, 4) is 0 Å². The summed E-state index contributed by atoms with van der Waals surface area (Å²) in [6, 6.07) is 4.53. The second-order valence-electron chi connectivity index (χ2n) is 6.86. The second kappa shape index (κ2) is 6.14. The highest BCUT2D eigenvalue weighted by Crippen LogP contribution is 2.45. The van der Waals surface area contributed by atoms with Gasteiger partial charge in [0.15, 0.2) is 5.13 Å². The minimum Gasteiger partial charge on any atom is -0.383 e. The number of anilines is 2. The Morgan fingerprint density at radius 1 is 1.28 bits per heavy atom. The van der Waals surface area contributed by atoms with Crippen molar-refractivity contribution in [2.75, 3.05) is 36.0 Å². The number of aromatic nitrogens is 1. The fourth-order valence-corrected chi connectivity index (χ4v) is 4.75. The first-order valence-corrected chi connectivity index (χ1v) is 9.40. The van der Waals surface area contributed by atoms with Gasteiger partial charge in [-0.25, -0.2) is 9.37 Å². The van der Waals surface area contributed by atoms with Crippen molar-refractivity contribution >= 4 is 39.6 Å². The molecule has 0 radical (unpaired) electrons. The number of thiazole rings is 1. The van der Waals surface area contributed by atoms with Crippen molar-refractivity contribution in [3.05, 3.63) is 40.1 Å². The van der Waals surface area contributed by atoms with E-state index in [1.807, 2.05) is 0 Å². The van der Waals surface area contributed by atoms with E-state index in [9.17, 15) is 4.39 Å². The van der Waals surface area contributed by atoms with Gasteiger partial charge in [-0.1, -0.05) is 22.9 Å². The number of nitrogens with two attached hydrogens (primary N) is 1. The zero-order valence-corrected chi connectivity index (χ0v) is 15.2. The Labute approximate surface area is 154 Å². The van der Waals surface area contributed by atoms with Gasteiger partial charge in [-0.2, -0.15) is 0 Å². The molecule has 5 nitrogen and oxygen atoms in total. The molecule has 132 valence electrons. The van der Waals surface area contributed by atoms with Crippen molar-refractivity contribution in [3.63, 3.8) is 0 Å². The average molecular weight is 380 g/mol. The van der Waals surface area contributed by atoms with Crippen molar-refractivity contribution in [1.29, 1.82) is 5.41 Å². The molecule has 0 saturated carbocycles. The summed E-state index contributed by atoms with van der Waals surface area (Å²) in [6.45, 7) is 3.71. The lowest BCUT2D eigenvalue weighted by molar-refractivity contribution is 0.162. The molecule has 0 aliphatic carbocycles. The summed E-state index contributed by atoms with van der Waals surface area (Å²) in [4.78, 5) is 9.53. The fourth-order valence-electron chi connectivity index (χ4n) is 3.69. The lowest BCUT2D eigenvalue weighted by Crippen LogP contribution is -2.60. The third-order valence-corrected chi connectivity index (χ3v) is 6.57. The Morgan fingerprint density at radius 2 is 2.00 bits per heavy atom. The molecule has 1 aromatic heterocycles. The monoisotopic (exact) mass is 379 g/mol. The molecular formula is C17H19ClFN5S. The van der Waals surface area contributed by atoms with Gasteiger partial charge in [-0.3, -0.25) is 5.41 Å². The molecule has 3 N–H and O–H groups in total. The van der Waals surface area contributed by atoms with Crippen LogP contribution in [0.3, 0.4) is 0 Å². The smallest absolute Gasteiger partial charge is 0.185 e. The van der Waals surface area contributed by atoms with Crippen LogP contribution in [-0.4, -0.2) is 37.0 Å². The summed E-state index contributed by atoms with van der Waals surface area (Å²) in [5.41, 5.74) is 6.59. The van der Waals surface area contributed by atoms with Gasteiger partial charge in [-0.15, -0.1) is 0 Å². The van der Waals surface area contributed by atoms with Gasteiger partial charge in [0.2, 0.25) is 0 Å². The molecule has 3 heterocycles.